The highest BCUT2D eigenvalue weighted by molar-refractivity contribution is 5.97. The van der Waals surface area contributed by atoms with Gasteiger partial charge in [0.15, 0.2) is 0 Å². The zero-order valence-electron chi connectivity index (χ0n) is 25.6. The van der Waals surface area contributed by atoms with E-state index in [-0.39, 0.29) is 22.3 Å². The lowest BCUT2D eigenvalue weighted by Gasteiger charge is -2.55. The number of carbonyl (C=O) groups is 4. The van der Waals surface area contributed by atoms with Crippen LogP contribution in [0.1, 0.15) is 102 Å². The van der Waals surface area contributed by atoms with Gasteiger partial charge in [-0.1, -0.05) is 20.8 Å². The monoisotopic (exact) mass is 536 g/mol. The van der Waals surface area contributed by atoms with Crippen LogP contribution in [0, 0.1) is 43.8 Å². The number of carboxylic acids is 1. The standard InChI is InChI=1S/C30H48O8/c1-23(2,3)38-22(35)29(12,28(11,21(34)36-13)24(4,5)19(31)32)25(6,7)20(33)37-18-16-17-14-15-27(10)26(8,9)30(17,18)27/h17-18H,14-16H2,1-13H3,(H,31,32). The van der Waals surface area contributed by atoms with Gasteiger partial charge in [-0.2, -0.15) is 0 Å². The average molecular weight is 537 g/mol. The summed E-state index contributed by atoms with van der Waals surface area (Å²) in [5.41, 5.74) is -8.46. The molecule has 0 amide bonds. The molecular weight excluding hydrogens is 488 g/mol. The number of hydrogen-bond acceptors (Lipinski definition) is 7. The number of esters is 3. The SMILES string of the molecule is COC(=O)C(C)(C(C)(C)C(=O)O)C(C)(C(=O)OC(C)(C)C)C(C)(C)C(=O)OC1CC2CCC3(C)C(C)(C)C213. The fourth-order valence-electron chi connectivity index (χ4n) is 8.63. The van der Waals surface area contributed by atoms with Crippen LogP contribution in [0.5, 0.6) is 0 Å². The van der Waals surface area contributed by atoms with E-state index in [1.54, 1.807) is 20.8 Å². The van der Waals surface area contributed by atoms with Crippen LogP contribution >= 0.6 is 0 Å². The topological polar surface area (TPSA) is 116 Å². The first-order valence-corrected chi connectivity index (χ1v) is 13.7. The van der Waals surface area contributed by atoms with Gasteiger partial charge in [0.1, 0.15) is 11.7 Å². The van der Waals surface area contributed by atoms with E-state index < -0.39 is 51.1 Å². The molecule has 0 heterocycles. The van der Waals surface area contributed by atoms with Crippen molar-refractivity contribution in [1.29, 1.82) is 0 Å². The van der Waals surface area contributed by atoms with Crippen molar-refractivity contribution < 1.29 is 38.5 Å². The van der Waals surface area contributed by atoms with Crippen molar-refractivity contribution in [2.45, 2.75) is 114 Å². The molecule has 0 aromatic heterocycles. The Morgan fingerprint density at radius 2 is 1.29 bits per heavy atom. The maximum Gasteiger partial charge on any atom is 0.314 e. The zero-order valence-corrected chi connectivity index (χ0v) is 25.6. The fourth-order valence-corrected chi connectivity index (χ4v) is 8.63. The Morgan fingerprint density at radius 3 is 1.68 bits per heavy atom. The summed E-state index contributed by atoms with van der Waals surface area (Å²) in [6, 6.07) is 0. The Bertz CT molecular complexity index is 1060. The predicted octanol–water partition coefficient (Wildman–Crippen LogP) is 5.41. The van der Waals surface area contributed by atoms with E-state index in [2.05, 4.69) is 20.8 Å². The summed E-state index contributed by atoms with van der Waals surface area (Å²) in [6.07, 6.45) is 2.66. The number of hydrogen-bond donors (Lipinski definition) is 1. The zero-order chi connectivity index (χ0) is 29.7. The Hall–Kier alpha value is -2.12. The number of methoxy groups -OCH3 is 1. The Labute approximate surface area is 227 Å². The van der Waals surface area contributed by atoms with Crippen LogP contribution in [0.4, 0.5) is 0 Å². The lowest BCUT2D eigenvalue weighted by atomic mass is 9.45. The van der Waals surface area contributed by atoms with Gasteiger partial charge in [0.2, 0.25) is 0 Å². The van der Waals surface area contributed by atoms with Crippen molar-refractivity contribution in [2.75, 3.05) is 7.11 Å². The van der Waals surface area contributed by atoms with Crippen LogP contribution in [-0.4, -0.2) is 47.8 Å². The van der Waals surface area contributed by atoms with Crippen LogP contribution in [0.2, 0.25) is 0 Å². The molecule has 0 aromatic rings. The van der Waals surface area contributed by atoms with Gasteiger partial charge in [-0.25, -0.2) is 0 Å². The highest BCUT2D eigenvalue weighted by atomic mass is 16.6. The molecule has 1 N–H and O–H groups in total. The van der Waals surface area contributed by atoms with Crippen LogP contribution < -0.4 is 0 Å². The molecule has 0 saturated heterocycles. The molecule has 0 aliphatic heterocycles. The maximum atomic E-state index is 14.2. The second kappa shape index (κ2) is 8.20. The van der Waals surface area contributed by atoms with Crippen molar-refractivity contribution in [3.63, 3.8) is 0 Å². The second-order valence-corrected chi connectivity index (χ2v) is 15.0. The Morgan fingerprint density at radius 1 is 0.789 bits per heavy atom. The summed E-state index contributed by atoms with van der Waals surface area (Å²) in [6.45, 7) is 20.4. The first-order chi connectivity index (χ1) is 16.9. The normalized spacial score (nSPS) is 32.9. The molecule has 3 fully saturated rings. The van der Waals surface area contributed by atoms with E-state index in [1.165, 1.54) is 41.5 Å². The molecule has 3 saturated carbocycles. The van der Waals surface area contributed by atoms with Crippen LogP contribution in [0.3, 0.4) is 0 Å². The smallest absolute Gasteiger partial charge is 0.314 e. The molecule has 38 heavy (non-hydrogen) atoms. The molecule has 3 aliphatic carbocycles. The van der Waals surface area contributed by atoms with Gasteiger partial charge in [0.05, 0.1) is 28.8 Å². The van der Waals surface area contributed by atoms with Crippen molar-refractivity contribution >= 4 is 23.9 Å². The van der Waals surface area contributed by atoms with E-state index in [0.717, 1.165) is 26.4 Å². The van der Waals surface area contributed by atoms with E-state index in [1.807, 2.05) is 0 Å². The summed E-state index contributed by atoms with van der Waals surface area (Å²) in [5, 5.41) is 10.2. The van der Waals surface area contributed by atoms with E-state index in [0.29, 0.717) is 5.92 Å². The van der Waals surface area contributed by atoms with Gasteiger partial charge in [-0.3, -0.25) is 19.2 Å². The molecule has 8 nitrogen and oxygen atoms in total. The molecule has 0 bridgehead atoms. The molecular formula is C30H48O8. The largest absolute Gasteiger partial charge is 0.481 e. The molecule has 8 heteroatoms. The van der Waals surface area contributed by atoms with E-state index in [4.69, 9.17) is 14.2 Å². The molecule has 1 spiro atoms. The minimum Gasteiger partial charge on any atom is -0.481 e. The Balaban J connectivity index is 2.14. The van der Waals surface area contributed by atoms with Gasteiger partial charge in [-0.15, -0.1) is 0 Å². The quantitative estimate of drug-likeness (QED) is 0.323. The third-order valence-electron chi connectivity index (χ3n) is 12.1. The second-order valence-electron chi connectivity index (χ2n) is 15.0. The summed E-state index contributed by atoms with van der Waals surface area (Å²) in [5.74, 6) is -3.26. The summed E-state index contributed by atoms with van der Waals surface area (Å²) >= 11 is 0. The summed E-state index contributed by atoms with van der Waals surface area (Å²) < 4.78 is 17.2. The van der Waals surface area contributed by atoms with Gasteiger partial charge in [0, 0.05) is 5.41 Å². The molecule has 6 unspecified atom stereocenters. The van der Waals surface area contributed by atoms with Crippen molar-refractivity contribution in [3.8, 4) is 0 Å². The lowest BCUT2D eigenvalue weighted by molar-refractivity contribution is -0.224. The van der Waals surface area contributed by atoms with Crippen molar-refractivity contribution in [2.24, 2.45) is 43.8 Å². The molecule has 3 aliphatic rings. The minimum absolute atomic E-state index is 0.0244. The third-order valence-corrected chi connectivity index (χ3v) is 12.1. The molecule has 216 valence electrons. The average Bonchev–Trinajstić information content (AvgIpc) is 3.04. The fraction of sp³-hybridized carbons (Fsp3) is 0.867. The van der Waals surface area contributed by atoms with Crippen LogP contribution in [0.25, 0.3) is 0 Å². The molecule has 0 aromatic carbocycles. The van der Waals surface area contributed by atoms with Crippen molar-refractivity contribution in [3.05, 3.63) is 0 Å². The van der Waals surface area contributed by atoms with Crippen molar-refractivity contribution in [1.82, 2.24) is 0 Å². The minimum atomic E-state index is -2.02. The summed E-state index contributed by atoms with van der Waals surface area (Å²) in [4.78, 5) is 54.4. The first kappa shape index (κ1) is 30.4. The maximum absolute atomic E-state index is 14.2. The van der Waals surface area contributed by atoms with E-state index >= 15 is 0 Å². The van der Waals surface area contributed by atoms with Gasteiger partial charge in [0.25, 0.3) is 0 Å². The highest BCUT2D eigenvalue weighted by Gasteiger charge is 2.91. The number of ether oxygens (including phenoxy) is 3. The predicted molar refractivity (Wildman–Crippen MR) is 141 cm³/mol. The summed E-state index contributed by atoms with van der Waals surface area (Å²) in [7, 11) is 1.14. The molecule has 6 atom stereocenters. The lowest BCUT2D eigenvalue weighted by Crippen LogP contribution is -2.67. The van der Waals surface area contributed by atoms with Crippen LogP contribution in [0.15, 0.2) is 0 Å². The van der Waals surface area contributed by atoms with Gasteiger partial charge < -0.3 is 19.3 Å². The highest BCUT2D eigenvalue weighted by Crippen LogP contribution is 2.93. The number of carbonyl (C=O) groups excluding carboxylic acids is 3. The molecule has 0 radical (unpaired) electrons. The van der Waals surface area contributed by atoms with Gasteiger partial charge >= 0.3 is 23.9 Å². The first-order valence-electron chi connectivity index (χ1n) is 13.7. The van der Waals surface area contributed by atoms with Gasteiger partial charge in [-0.05, 0) is 98.3 Å². The number of aliphatic carboxylic acids is 1. The van der Waals surface area contributed by atoms with E-state index in [9.17, 15) is 24.3 Å². The molecule has 3 rings (SSSR count). The number of carboxylic acid groups (broad SMARTS) is 1. The Kier molecular flexibility index (Phi) is 6.56. The number of rotatable bonds is 8. The third kappa shape index (κ3) is 3.21. The van der Waals surface area contributed by atoms with Crippen LogP contribution in [-0.2, 0) is 33.4 Å².